The maximum Gasteiger partial charge on any atom is 0.0682 e. The monoisotopic (exact) mass is 166 g/mol. The molecule has 1 fully saturated rings. The van der Waals surface area contributed by atoms with Gasteiger partial charge in [-0.15, -0.1) is 11.8 Å². The van der Waals surface area contributed by atoms with Crippen LogP contribution >= 0.6 is 0 Å². The topological polar surface area (TPSA) is 20.2 Å². The summed E-state index contributed by atoms with van der Waals surface area (Å²) >= 11 is 0. The molecule has 0 aromatic rings. The van der Waals surface area contributed by atoms with Gasteiger partial charge in [-0.2, -0.15) is 0 Å². The summed E-state index contributed by atoms with van der Waals surface area (Å²) in [5.41, 5.74) is -0.479. The Bertz CT molecular complexity index is 219. The fraction of sp³-hybridized carbons (Fsp3) is 0.818. The molecule has 2 unspecified atom stereocenters. The highest BCUT2D eigenvalue weighted by Gasteiger charge is 2.46. The lowest BCUT2D eigenvalue weighted by atomic mass is 9.75. The highest BCUT2D eigenvalue weighted by atomic mass is 16.3. The molecule has 0 heterocycles. The molecular weight excluding hydrogens is 148 g/mol. The largest absolute Gasteiger partial charge is 0.390 e. The van der Waals surface area contributed by atoms with Gasteiger partial charge in [0.1, 0.15) is 0 Å². The van der Waals surface area contributed by atoms with Gasteiger partial charge in [0.25, 0.3) is 0 Å². The van der Waals surface area contributed by atoms with E-state index < -0.39 is 5.60 Å². The molecule has 68 valence electrons. The number of hydrogen-bond donors (Lipinski definition) is 1. The minimum absolute atomic E-state index is 0.0238. The lowest BCUT2D eigenvalue weighted by molar-refractivity contribution is -0.0327. The fourth-order valence-electron chi connectivity index (χ4n) is 1.96. The molecule has 0 spiro atoms. The van der Waals surface area contributed by atoms with Crippen molar-refractivity contribution in [3.05, 3.63) is 0 Å². The number of hydrogen-bond acceptors (Lipinski definition) is 1. The first-order valence-electron chi connectivity index (χ1n) is 4.64. The molecule has 0 aromatic heterocycles. The van der Waals surface area contributed by atoms with Crippen molar-refractivity contribution >= 4 is 0 Å². The molecule has 2 atom stereocenters. The zero-order valence-corrected chi connectivity index (χ0v) is 8.28. The van der Waals surface area contributed by atoms with Gasteiger partial charge in [-0.25, -0.2) is 0 Å². The molecule has 0 aliphatic heterocycles. The predicted molar refractivity (Wildman–Crippen MR) is 50.6 cm³/mol. The Labute approximate surface area is 75.2 Å². The van der Waals surface area contributed by atoms with Crippen LogP contribution in [-0.2, 0) is 0 Å². The van der Waals surface area contributed by atoms with Crippen LogP contribution in [0.5, 0.6) is 0 Å². The summed E-state index contributed by atoms with van der Waals surface area (Å²) in [5.74, 6) is 5.97. The zero-order valence-electron chi connectivity index (χ0n) is 8.28. The number of aliphatic hydroxyl groups is 1. The summed E-state index contributed by atoms with van der Waals surface area (Å²) in [4.78, 5) is 0. The SMILES string of the molecule is CC#CCC1(C)CCCC1(C)O. The highest BCUT2D eigenvalue weighted by molar-refractivity contribution is 5.07. The summed E-state index contributed by atoms with van der Waals surface area (Å²) in [7, 11) is 0. The smallest absolute Gasteiger partial charge is 0.0682 e. The van der Waals surface area contributed by atoms with Gasteiger partial charge in [-0.1, -0.05) is 6.92 Å². The normalized spacial score (nSPS) is 40.7. The van der Waals surface area contributed by atoms with Gasteiger partial charge in [-0.3, -0.25) is 0 Å². The van der Waals surface area contributed by atoms with Crippen LogP contribution in [-0.4, -0.2) is 10.7 Å². The van der Waals surface area contributed by atoms with Crippen molar-refractivity contribution in [2.24, 2.45) is 5.41 Å². The molecule has 1 saturated carbocycles. The molecule has 0 saturated heterocycles. The van der Waals surface area contributed by atoms with E-state index in [1.807, 2.05) is 13.8 Å². The summed E-state index contributed by atoms with van der Waals surface area (Å²) < 4.78 is 0. The van der Waals surface area contributed by atoms with Crippen molar-refractivity contribution in [2.75, 3.05) is 0 Å². The van der Waals surface area contributed by atoms with Gasteiger partial charge >= 0.3 is 0 Å². The Morgan fingerprint density at radius 2 is 2.00 bits per heavy atom. The van der Waals surface area contributed by atoms with E-state index in [1.165, 1.54) is 0 Å². The first kappa shape index (κ1) is 9.61. The molecule has 1 aliphatic carbocycles. The predicted octanol–water partition coefficient (Wildman–Crippen LogP) is 2.34. The van der Waals surface area contributed by atoms with E-state index >= 15 is 0 Å². The van der Waals surface area contributed by atoms with Gasteiger partial charge in [-0.05, 0) is 33.1 Å². The van der Waals surface area contributed by atoms with Crippen LogP contribution in [0, 0.1) is 17.3 Å². The van der Waals surface area contributed by atoms with Gasteiger partial charge < -0.3 is 5.11 Å². The first-order valence-corrected chi connectivity index (χ1v) is 4.64. The van der Waals surface area contributed by atoms with E-state index in [0.717, 1.165) is 25.7 Å². The molecule has 0 aromatic carbocycles. The maximum absolute atomic E-state index is 10.1. The second kappa shape index (κ2) is 3.11. The molecular formula is C11H18O. The molecule has 1 rings (SSSR count). The fourth-order valence-corrected chi connectivity index (χ4v) is 1.96. The van der Waals surface area contributed by atoms with E-state index in [-0.39, 0.29) is 5.41 Å². The Hall–Kier alpha value is -0.480. The molecule has 1 heteroatoms. The Kier molecular flexibility index (Phi) is 2.49. The van der Waals surface area contributed by atoms with Gasteiger partial charge in [0.15, 0.2) is 0 Å². The van der Waals surface area contributed by atoms with Crippen molar-refractivity contribution in [3.8, 4) is 11.8 Å². The van der Waals surface area contributed by atoms with Crippen molar-refractivity contribution in [2.45, 2.75) is 52.1 Å². The average molecular weight is 166 g/mol. The van der Waals surface area contributed by atoms with E-state index in [0.29, 0.717) is 0 Å². The standard InChI is InChI=1S/C11H18O/c1-4-5-7-10(2)8-6-9-11(10,3)12/h12H,6-9H2,1-3H3. The second-order valence-corrected chi connectivity index (χ2v) is 4.29. The summed E-state index contributed by atoms with van der Waals surface area (Å²) in [5, 5.41) is 10.1. The lowest BCUT2D eigenvalue weighted by Gasteiger charge is -2.35. The van der Waals surface area contributed by atoms with E-state index in [4.69, 9.17) is 0 Å². The van der Waals surface area contributed by atoms with Crippen LogP contribution in [0.4, 0.5) is 0 Å². The van der Waals surface area contributed by atoms with Crippen LogP contribution in [0.2, 0.25) is 0 Å². The van der Waals surface area contributed by atoms with Crippen LogP contribution in [0.3, 0.4) is 0 Å². The summed E-state index contributed by atoms with van der Waals surface area (Å²) in [6, 6.07) is 0. The third kappa shape index (κ3) is 1.49. The van der Waals surface area contributed by atoms with E-state index in [1.54, 1.807) is 0 Å². The molecule has 0 radical (unpaired) electrons. The van der Waals surface area contributed by atoms with Crippen molar-refractivity contribution < 1.29 is 5.11 Å². The first-order chi connectivity index (χ1) is 5.52. The van der Waals surface area contributed by atoms with Crippen LogP contribution in [0.25, 0.3) is 0 Å². The highest BCUT2D eigenvalue weighted by Crippen LogP contribution is 2.48. The Morgan fingerprint density at radius 3 is 2.42 bits per heavy atom. The number of rotatable bonds is 1. The average Bonchev–Trinajstić information content (AvgIpc) is 2.24. The van der Waals surface area contributed by atoms with E-state index in [9.17, 15) is 5.11 Å². The summed E-state index contributed by atoms with van der Waals surface area (Å²) in [6.45, 7) is 5.94. The molecule has 12 heavy (non-hydrogen) atoms. The van der Waals surface area contributed by atoms with Crippen LogP contribution in [0.1, 0.15) is 46.5 Å². The third-order valence-electron chi connectivity index (χ3n) is 3.35. The Morgan fingerprint density at radius 1 is 1.33 bits per heavy atom. The molecule has 1 nitrogen and oxygen atoms in total. The molecule has 1 aliphatic rings. The van der Waals surface area contributed by atoms with Crippen molar-refractivity contribution in [1.82, 2.24) is 0 Å². The minimum atomic E-state index is -0.503. The van der Waals surface area contributed by atoms with Gasteiger partial charge in [0.05, 0.1) is 5.60 Å². The van der Waals surface area contributed by atoms with Crippen molar-refractivity contribution in [3.63, 3.8) is 0 Å². The molecule has 0 bridgehead atoms. The van der Waals surface area contributed by atoms with Crippen LogP contribution < -0.4 is 0 Å². The lowest BCUT2D eigenvalue weighted by Crippen LogP contribution is -2.38. The maximum atomic E-state index is 10.1. The van der Waals surface area contributed by atoms with Crippen molar-refractivity contribution in [1.29, 1.82) is 0 Å². The van der Waals surface area contributed by atoms with Gasteiger partial charge in [0.2, 0.25) is 0 Å². The van der Waals surface area contributed by atoms with Gasteiger partial charge in [0, 0.05) is 11.8 Å². The van der Waals surface area contributed by atoms with Crippen LogP contribution in [0.15, 0.2) is 0 Å². The second-order valence-electron chi connectivity index (χ2n) is 4.29. The van der Waals surface area contributed by atoms with E-state index in [2.05, 4.69) is 18.8 Å². The summed E-state index contributed by atoms with van der Waals surface area (Å²) in [6.07, 6.45) is 4.00. The Balaban J connectivity index is 2.73. The molecule has 0 amide bonds. The third-order valence-corrected chi connectivity index (χ3v) is 3.35. The molecule has 1 N–H and O–H groups in total. The quantitative estimate of drug-likeness (QED) is 0.593. The zero-order chi connectivity index (χ0) is 9.24. The minimum Gasteiger partial charge on any atom is -0.390 e.